The SMILES string of the molecule is CN=C(NCc1ccccc1Cl)NCC1(c2cccc(F)c2)CCOCC1. The van der Waals surface area contributed by atoms with Gasteiger partial charge in [0.15, 0.2) is 5.96 Å². The van der Waals surface area contributed by atoms with Gasteiger partial charge in [-0.05, 0) is 42.2 Å². The van der Waals surface area contributed by atoms with Crippen LogP contribution in [-0.2, 0) is 16.7 Å². The van der Waals surface area contributed by atoms with E-state index in [9.17, 15) is 4.39 Å². The molecule has 2 aromatic carbocycles. The van der Waals surface area contributed by atoms with Crippen LogP contribution in [0.5, 0.6) is 0 Å². The van der Waals surface area contributed by atoms with E-state index in [0.717, 1.165) is 29.0 Å². The summed E-state index contributed by atoms with van der Waals surface area (Å²) in [6, 6.07) is 14.6. The number of benzene rings is 2. The molecule has 0 aliphatic carbocycles. The van der Waals surface area contributed by atoms with Crippen molar-refractivity contribution in [2.75, 3.05) is 26.8 Å². The number of hydrogen-bond donors (Lipinski definition) is 2. The highest BCUT2D eigenvalue weighted by molar-refractivity contribution is 6.31. The Labute approximate surface area is 164 Å². The van der Waals surface area contributed by atoms with E-state index >= 15 is 0 Å². The molecule has 1 fully saturated rings. The van der Waals surface area contributed by atoms with Gasteiger partial charge in [0.25, 0.3) is 0 Å². The first-order valence-electron chi connectivity index (χ1n) is 9.15. The Morgan fingerprint density at radius 3 is 2.63 bits per heavy atom. The topological polar surface area (TPSA) is 45.7 Å². The number of nitrogens with one attached hydrogen (secondary N) is 2. The van der Waals surface area contributed by atoms with Crippen LogP contribution in [0.15, 0.2) is 53.5 Å². The van der Waals surface area contributed by atoms with Crippen LogP contribution in [-0.4, -0.2) is 32.8 Å². The zero-order chi connectivity index (χ0) is 19.1. The standard InChI is InChI=1S/C21H25ClFN3O/c1-24-20(25-14-16-5-2-3-8-19(16)22)26-15-21(9-11-27-12-10-21)17-6-4-7-18(23)13-17/h2-8,13H,9-12,14-15H2,1H3,(H2,24,25,26). The van der Waals surface area contributed by atoms with Crippen LogP contribution in [0.25, 0.3) is 0 Å². The molecule has 0 radical (unpaired) electrons. The second kappa shape index (κ2) is 9.20. The van der Waals surface area contributed by atoms with Gasteiger partial charge in [0.05, 0.1) is 0 Å². The molecule has 1 aliphatic heterocycles. The highest BCUT2D eigenvalue weighted by Crippen LogP contribution is 2.34. The molecule has 2 N–H and O–H groups in total. The van der Waals surface area contributed by atoms with Crippen molar-refractivity contribution in [1.82, 2.24) is 10.6 Å². The molecule has 0 atom stereocenters. The van der Waals surface area contributed by atoms with Gasteiger partial charge in [-0.1, -0.05) is 41.9 Å². The molecule has 0 amide bonds. The van der Waals surface area contributed by atoms with E-state index in [0.29, 0.717) is 32.3 Å². The molecular weight excluding hydrogens is 365 g/mol. The van der Waals surface area contributed by atoms with Gasteiger partial charge in [-0.25, -0.2) is 4.39 Å². The van der Waals surface area contributed by atoms with Gasteiger partial charge < -0.3 is 15.4 Å². The molecule has 0 bridgehead atoms. The summed E-state index contributed by atoms with van der Waals surface area (Å²) in [5.41, 5.74) is 1.83. The number of aliphatic imine (C=N–C) groups is 1. The lowest BCUT2D eigenvalue weighted by Gasteiger charge is -2.38. The Balaban J connectivity index is 1.68. The van der Waals surface area contributed by atoms with E-state index in [1.165, 1.54) is 6.07 Å². The van der Waals surface area contributed by atoms with Gasteiger partial charge in [0.2, 0.25) is 0 Å². The lowest BCUT2D eigenvalue weighted by Crippen LogP contribution is -2.48. The quantitative estimate of drug-likeness (QED) is 0.602. The first kappa shape index (κ1) is 19.6. The van der Waals surface area contributed by atoms with Crippen molar-refractivity contribution in [3.8, 4) is 0 Å². The predicted molar refractivity (Wildman–Crippen MR) is 108 cm³/mol. The van der Waals surface area contributed by atoms with Crippen LogP contribution < -0.4 is 10.6 Å². The number of halogens is 2. The van der Waals surface area contributed by atoms with Gasteiger partial charge in [0.1, 0.15) is 5.82 Å². The summed E-state index contributed by atoms with van der Waals surface area (Å²) >= 11 is 6.22. The second-order valence-corrected chi connectivity index (χ2v) is 7.18. The van der Waals surface area contributed by atoms with Crippen LogP contribution in [0.4, 0.5) is 4.39 Å². The van der Waals surface area contributed by atoms with E-state index in [1.807, 2.05) is 30.3 Å². The lowest BCUT2D eigenvalue weighted by molar-refractivity contribution is 0.0513. The van der Waals surface area contributed by atoms with Crippen LogP contribution in [0.2, 0.25) is 5.02 Å². The molecule has 4 nitrogen and oxygen atoms in total. The Morgan fingerprint density at radius 2 is 1.93 bits per heavy atom. The first-order chi connectivity index (χ1) is 13.1. The molecular formula is C21H25ClFN3O. The van der Waals surface area contributed by atoms with Crippen LogP contribution in [0.1, 0.15) is 24.0 Å². The zero-order valence-electron chi connectivity index (χ0n) is 15.5. The Hall–Kier alpha value is -2.11. The molecule has 0 aromatic heterocycles. The Morgan fingerprint density at radius 1 is 1.15 bits per heavy atom. The number of guanidine groups is 1. The van der Waals surface area contributed by atoms with Crippen molar-refractivity contribution < 1.29 is 9.13 Å². The minimum atomic E-state index is -0.209. The average molecular weight is 390 g/mol. The van der Waals surface area contributed by atoms with E-state index in [1.54, 1.807) is 19.2 Å². The van der Waals surface area contributed by atoms with Crippen molar-refractivity contribution in [2.45, 2.75) is 24.8 Å². The zero-order valence-corrected chi connectivity index (χ0v) is 16.2. The molecule has 0 saturated carbocycles. The Kier molecular flexibility index (Phi) is 6.69. The number of nitrogens with zero attached hydrogens (tertiary/aromatic N) is 1. The third kappa shape index (κ3) is 4.99. The minimum Gasteiger partial charge on any atom is -0.381 e. The average Bonchev–Trinajstić information content (AvgIpc) is 2.70. The fourth-order valence-electron chi connectivity index (χ4n) is 3.44. The monoisotopic (exact) mass is 389 g/mol. The molecule has 0 unspecified atom stereocenters. The summed E-state index contributed by atoms with van der Waals surface area (Å²) < 4.78 is 19.3. The number of ether oxygens (including phenoxy) is 1. The van der Waals surface area contributed by atoms with E-state index in [2.05, 4.69) is 15.6 Å². The third-order valence-corrected chi connectivity index (χ3v) is 5.48. The van der Waals surface area contributed by atoms with Crippen LogP contribution >= 0.6 is 11.6 Å². The first-order valence-corrected chi connectivity index (χ1v) is 9.52. The summed E-state index contributed by atoms with van der Waals surface area (Å²) in [7, 11) is 1.74. The second-order valence-electron chi connectivity index (χ2n) is 6.77. The summed E-state index contributed by atoms with van der Waals surface area (Å²) in [5, 5.41) is 7.42. The molecule has 0 spiro atoms. The van der Waals surface area contributed by atoms with Gasteiger partial charge in [-0.2, -0.15) is 0 Å². The predicted octanol–water partition coefficient (Wildman–Crippen LogP) is 3.89. The fraction of sp³-hybridized carbons (Fsp3) is 0.381. The van der Waals surface area contributed by atoms with Crippen molar-refractivity contribution in [3.05, 3.63) is 70.5 Å². The molecule has 1 saturated heterocycles. The number of rotatable bonds is 5. The van der Waals surface area contributed by atoms with Crippen molar-refractivity contribution in [1.29, 1.82) is 0 Å². The molecule has 1 heterocycles. The maximum atomic E-state index is 13.8. The molecule has 1 aliphatic rings. The highest BCUT2D eigenvalue weighted by Gasteiger charge is 2.34. The summed E-state index contributed by atoms with van der Waals surface area (Å²) in [5.74, 6) is 0.483. The molecule has 144 valence electrons. The fourth-order valence-corrected chi connectivity index (χ4v) is 3.64. The molecule has 6 heteroatoms. The Bertz CT molecular complexity index is 791. The van der Waals surface area contributed by atoms with E-state index in [-0.39, 0.29) is 11.2 Å². The van der Waals surface area contributed by atoms with Gasteiger partial charge >= 0.3 is 0 Å². The van der Waals surface area contributed by atoms with Gasteiger partial charge in [-0.15, -0.1) is 0 Å². The normalized spacial score (nSPS) is 16.8. The summed E-state index contributed by atoms with van der Waals surface area (Å²) in [6.45, 7) is 2.57. The van der Waals surface area contributed by atoms with Crippen LogP contribution in [0, 0.1) is 5.82 Å². The molecule has 27 heavy (non-hydrogen) atoms. The number of hydrogen-bond acceptors (Lipinski definition) is 2. The van der Waals surface area contributed by atoms with Crippen molar-refractivity contribution in [3.63, 3.8) is 0 Å². The van der Waals surface area contributed by atoms with E-state index in [4.69, 9.17) is 16.3 Å². The maximum absolute atomic E-state index is 13.8. The highest BCUT2D eigenvalue weighted by atomic mass is 35.5. The van der Waals surface area contributed by atoms with E-state index < -0.39 is 0 Å². The smallest absolute Gasteiger partial charge is 0.191 e. The van der Waals surface area contributed by atoms with Gasteiger partial charge in [-0.3, -0.25) is 4.99 Å². The largest absolute Gasteiger partial charge is 0.381 e. The molecule has 3 rings (SSSR count). The lowest BCUT2D eigenvalue weighted by atomic mass is 9.74. The van der Waals surface area contributed by atoms with Crippen molar-refractivity contribution >= 4 is 17.6 Å². The maximum Gasteiger partial charge on any atom is 0.191 e. The molecule has 2 aromatic rings. The minimum absolute atomic E-state index is 0.178. The summed E-state index contributed by atoms with van der Waals surface area (Å²) in [4.78, 5) is 4.31. The van der Waals surface area contributed by atoms with Crippen LogP contribution in [0.3, 0.4) is 0 Å². The van der Waals surface area contributed by atoms with Gasteiger partial charge in [0, 0.05) is 43.8 Å². The summed E-state index contributed by atoms with van der Waals surface area (Å²) in [6.07, 6.45) is 1.68. The third-order valence-electron chi connectivity index (χ3n) is 5.11. The van der Waals surface area contributed by atoms with Crippen molar-refractivity contribution in [2.24, 2.45) is 4.99 Å².